The first-order valence-corrected chi connectivity index (χ1v) is 7.92. The van der Waals surface area contributed by atoms with E-state index in [9.17, 15) is 9.90 Å². The molecule has 1 aliphatic heterocycles. The molecule has 1 N–H and O–H groups in total. The largest absolute Gasteiger partial charge is 0.389 e. The quantitative estimate of drug-likeness (QED) is 0.857. The molecule has 110 valence electrons. The van der Waals surface area contributed by atoms with Crippen molar-refractivity contribution in [3.05, 3.63) is 29.8 Å². The van der Waals surface area contributed by atoms with Crippen LogP contribution in [0.25, 0.3) is 0 Å². The van der Waals surface area contributed by atoms with Gasteiger partial charge in [0.05, 0.1) is 11.9 Å². The Kier molecular flexibility index (Phi) is 5.46. The van der Waals surface area contributed by atoms with E-state index in [2.05, 4.69) is 11.9 Å². The smallest absolute Gasteiger partial charge is 0.233 e. The van der Waals surface area contributed by atoms with Crippen LogP contribution in [0, 0.1) is 0 Å². The highest BCUT2D eigenvalue weighted by Gasteiger charge is 2.18. The summed E-state index contributed by atoms with van der Waals surface area (Å²) in [4.78, 5) is 17.3. The van der Waals surface area contributed by atoms with Crippen LogP contribution >= 0.6 is 11.8 Å². The van der Waals surface area contributed by atoms with Gasteiger partial charge in [0.15, 0.2) is 0 Å². The number of likely N-dealkylation sites (N-methyl/N-ethyl adjacent to an activating group) is 1. The highest BCUT2D eigenvalue weighted by molar-refractivity contribution is 8.00. The van der Waals surface area contributed by atoms with Crippen LogP contribution in [-0.2, 0) is 4.79 Å². The molecule has 2 rings (SSSR count). The van der Waals surface area contributed by atoms with Crippen molar-refractivity contribution in [3.8, 4) is 0 Å². The van der Waals surface area contributed by atoms with Crippen LogP contribution in [0.4, 0.5) is 0 Å². The van der Waals surface area contributed by atoms with Crippen molar-refractivity contribution < 1.29 is 9.90 Å². The number of hydrogen-bond donors (Lipinski definition) is 1. The van der Waals surface area contributed by atoms with E-state index in [1.54, 1.807) is 6.92 Å². The van der Waals surface area contributed by atoms with Crippen molar-refractivity contribution in [1.82, 2.24) is 9.80 Å². The molecule has 0 radical (unpaired) electrons. The minimum Gasteiger partial charge on any atom is -0.389 e. The summed E-state index contributed by atoms with van der Waals surface area (Å²) in [5, 5.41) is 9.57. The normalized spacial score (nSPS) is 18.1. The molecule has 5 heteroatoms. The van der Waals surface area contributed by atoms with Gasteiger partial charge < -0.3 is 14.9 Å². The molecule has 0 saturated carbocycles. The van der Waals surface area contributed by atoms with Gasteiger partial charge in [0.2, 0.25) is 5.91 Å². The summed E-state index contributed by atoms with van der Waals surface area (Å²) in [5.74, 6) is 0.665. The summed E-state index contributed by atoms with van der Waals surface area (Å²) < 4.78 is 0. The predicted molar refractivity (Wildman–Crippen MR) is 81.9 cm³/mol. The molecular formula is C15H22N2O2S. The molecule has 1 unspecified atom stereocenters. The lowest BCUT2D eigenvalue weighted by Gasteiger charge is -2.32. The lowest BCUT2D eigenvalue weighted by Crippen LogP contribution is -2.47. The summed E-state index contributed by atoms with van der Waals surface area (Å²) in [6.07, 6.45) is -0.469. The molecule has 0 aromatic heterocycles. The Bertz CT molecular complexity index is 457. The van der Waals surface area contributed by atoms with Gasteiger partial charge in [0.25, 0.3) is 0 Å². The topological polar surface area (TPSA) is 43.8 Å². The first-order valence-electron chi connectivity index (χ1n) is 6.93. The lowest BCUT2D eigenvalue weighted by molar-refractivity contribution is -0.129. The lowest BCUT2D eigenvalue weighted by atomic mass is 10.1. The summed E-state index contributed by atoms with van der Waals surface area (Å²) in [5.41, 5.74) is 0.891. The van der Waals surface area contributed by atoms with E-state index in [1.807, 2.05) is 29.2 Å². The van der Waals surface area contributed by atoms with Gasteiger partial charge in [0, 0.05) is 31.1 Å². The van der Waals surface area contributed by atoms with E-state index in [0.717, 1.165) is 36.6 Å². The third-order valence-corrected chi connectivity index (χ3v) is 4.54. The zero-order chi connectivity index (χ0) is 14.5. The van der Waals surface area contributed by atoms with Crippen LogP contribution in [0.15, 0.2) is 29.2 Å². The third-order valence-electron chi connectivity index (χ3n) is 3.56. The number of carbonyl (C=O) groups is 1. The number of aliphatic hydroxyl groups excluding tert-OH is 1. The van der Waals surface area contributed by atoms with Crippen LogP contribution in [0.5, 0.6) is 0 Å². The van der Waals surface area contributed by atoms with E-state index < -0.39 is 6.10 Å². The average molecular weight is 294 g/mol. The highest BCUT2D eigenvalue weighted by atomic mass is 32.2. The SMILES string of the molecule is CC(O)c1cccc(SCC(=O)N2CCN(C)CC2)c1. The minimum atomic E-state index is -0.469. The number of nitrogens with zero attached hydrogens (tertiary/aromatic N) is 2. The maximum absolute atomic E-state index is 12.1. The highest BCUT2D eigenvalue weighted by Crippen LogP contribution is 2.22. The van der Waals surface area contributed by atoms with Gasteiger partial charge in [0.1, 0.15) is 0 Å². The van der Waals surface area contributed by atoms with E-state index in [0.29, 0.717) is 5.75 Å². The molecule has 1 aromatic rings. The Morgan fingerprint density at radius 3 is 2.70 bits per heavy atom. The number of hydrogen-bond acceptors (Lipinski definition) is 4. The zero-order valence-electron chi connectivity index (χ0n) is 12.1. The Hall–Kier alpha value is -1.04. The number of thioether (sulfide) groups is 1. The fourth-order valence-corrected chi connectivity index (χ4v) is 3.02. The maximum atomic E-state index is 12.1. The van der Waals surface area contributed by atoms with Gasteiger partial charge in [-0.25, -0.2) is 0 Å². The maximum Gasteiger partial charge on any atom is 0.233 e. The number of carbonyl (C=O) groups excluding carboxylic acids is 1. The van der Waals surface area contributed by atoms with Crippen LogP contribution < -0.4 is 0 Å². The number of benzene rings is 1. The Labute approximate surface area is 124 Å². The predicted octanol–water partition coefficient (Wildman–Crippen LogP) is 1.61. The molecule has 1 aliphatic rings. The number of aliphatic hydroxyl groups is 1. The van der Waals surface area contributed by atoms with Crippen molar-refractivity contribution in [2.24, 2.45) is 0 Å². The average Bonchev–Trinajstić information content (AvgIpc) is 2.46. The molecule has 1 aromatic carbocycles. The summed E-state index contributed by atoms with van der Waals surface area (Å²) in [6, 6.07) is 7.75. The van der Waals surface area contributed by atoms with E-state index in [1.165, 1.54) is 11.8 Å². The molecule has 1 amide bonds. The standard InChI is InChI=1S/C15H22N2O2S/c1-12(18)13-4-3-5-14(10-13)20-11-15(19)17-8-6-16(2)7-9-17/h3-5,10,12,18H,6-9,11H2,1-2H3. The first kappa shape index (κ1) is 15.4. The van der Waals surface area contributed by atoms with E-state index in [4.69, 9.17) is 0 Å². The number of amides is 1. The van der Waals surface area contributed by atoms with Crippen LogP contribution in [0.1, 0.15) is 18.6 Å². The first-order chi connectivity index (χ1) is 9.56. The second-order valence-electron chi connectivity index (χ2n) is 5.22. The third kappa shape index (κ3) is 4.23. The Balaban J connectivity index is 1.85. The van der Waals surface area contributed by atoms with Crippen molar-refractivity contribution in [2.75, 3.05) is 39.0 Å². The second kappa shape index (κ2) is 7.11. The van der Waals surface area contributed by atoms with Gasteiger partial charge in [-0.05, 0) is 31.7 Å². The summed E-state index contributed by atoms with van der Waals surface area (Å²) in [7, 11) is 2.08. The molecule has 1 saturated heterocycles. The molecular weight excluding hydrogens is 272 g/mol. The van der Waals surface area contributed by atoms with Crippen LogP contribution in [-0.4, -0.2) is 59.8 Å². The Morgan fingerprint density at radius 1 is 1.35 bits per heavy atom. The minimum absolute atomic E-state index is 0.200. The molecule has 20 heavy (non-hydrogen) atoms. The van der Waals surface area contributed by atoms with Gasteiger partial charge in [-0.3, -0.25) is 4.79 Å². The van der Waals surface area contributed by atoms with Gasteiger partial charge >= 0.3 is 0 Å². The van der Waals surface area contributed by atoms with Gasteiger partial charge in [-0.15, -0.1) is 11.8 Å². The fourth-order valence-electron chi connectivity index (χ4n) is 2.16. The molecule has 0 spiro atoms. The fraction of sp³-hybridized carbons (Fsp3) is 0.533. The van der Waals surface area contributed by atoms with Crippen molar-refractivity contribution in [3.63, 3.8) is 0 Å². The molecule has 1 atom stereocenters. The zero-order valence-corrected chi connectivity index (χ0v) is 12.9. The van der Waals surface area contributed by atoms with Crippen molar-refractivity contribution in [1.29, 1.82) is 0 Å². The molecule has 0 bridgehead atoms. The monoisotopic (exact) mass is 294 g/mol. The molecule has 0 aliphatic carbocycles. The number of piperazine rings is 1. The van der Waals surface area contributed by atoms with Gasteiger partial charge in [-0.2, -0.15) is 0 Å². The van der Waals surface area contributed by atoms with Crippen molar-refractivity contribution >= 4 is 17.7 Å². The summed E-state index contributed by atoms with van der Waals surface area (Å²) in [6.45, 7) is 5.30. The number of rotatable bonds is 4. The Morgan fingerprint density at radius 2 is 2.05 bits per heavy atom. The second-order valence-corrected chi connectivity index (χ2v) is 6.27. The van der Waals surface area contributed by atoms with E-state index >= 15 is 0 Å². The van der Waals surface area contributed by atoms with Crippen LogP contribution in [0.2, 0.25) is 0 Å². The molecule has 4 nitrogen and oxygen atoms in total. The molecule has 1 fully saturated rings. The van der Waals surface area contributed by atoms with Crippen molar-refractivity contribution in [2.45, 2.75) is 17.9 Å². The van der Waals surface area contributed by atoms with E-state index in [-0.39, 0.29) is 5.91 Å². The summed E-state index contributed by atoms with van der Waals surface area (Å²) >= 11 is 1.54. The van der Waals surface area contributed by atoms with Crippen LogP contribution in [0.3, 0.4) is 0 Å². The molecule has 1 heterocycles. The van der Waals surface area contributed by atoms with Gasteiger partial charge in [-0.1, -0.05) is 12.1 Å².